The summed E-state index contributed by atoms with van der Waals surface area (Å²) in [6.07, 6.45) is 0.812. The van der Waals surface area contributed by atoms with Gasteiger partial charge < -0.3 is 14.7 Å². The van der Waals surface area contributed by atoms with Crippen molar-refractivity contribution in [2.75, 3.05) is 20.7 Å². The largest absolute Gasteiger partial charge is 0.506 e. The molecule has 0 fully saturated rings. The van der Waals surface area contributed by atoms with E-state index in [1.165, 1.54) is 4.90 Å². The highest BCUT2D eigenvalue weighted by atomic mass is 16.5. The topological polar surface area (TPSA) is 66.8 Å². The van der Waals surface area contributed by atoms with E-state index >= 15 is 0 Å². The molecule has 0 aromatic heterocycles. The second-order valence-corrected chi connectivity index (χ2v) is 7.98. The molecule has 5 nitrogen and oxygen atoms in total. The van der Waals surface area contributed by atoms with Gasteiger partial charge in [-0.05, 0) is 58.8 Å². The molecule has 0 saturated carbocycles. The van der Waals surface area contributed by atoms with Crippen molar-refractivity contribution in [1.82, 2.24) is 4.90 Å². The highest BCUT2D eigenvalue weighted by Gasteiger charge is 2.19. The average Bonchev–Trinajstić information content (AvgIpc) is 2.84. The van der Waals surface area contributed by atoms with Crippen molar-refractivity contribution in [3.05, 3.63) is 83.9 Å². The average molecular weight is 440 g/mol. The fourth-order valence-electron chi connectivity index (χ4n) is 3.95. The summed E-state index contributed by atoms with van der Waals surface area (Å²) < 4.78 is 5.60. The highest BCUT2D eigenvalue weighted by Crippen LogP contribution is 2.38. The zero-order valence-electron chi connectivity index (χ0n) is 18.8. The van der Waals surface area contributed by atoms with Gasteiger partial charge >= 0.3 is 0 Å². The number of rotatable bonds is 6. The first-order valence-corrected chi connectivity index (χ1v) is 10.7. The van der Waals surface area contributed by atoms with Crippen molar-refractivity contribution in [3.8, 4) is 33.8 Å². The Balaban J connectivity index is 1.82. The van der Waals surface area contributed by atoms with Crippen LogP contribution < -0.4 is 4.74 Å². The van der Waals surface area contributed by atoms with Crippen LogP contribution in [0.3, 0.4) is 0 Å². The van der Waals surface area contributed by atoms with Crippen molar-refractivity contribution in [2.45, 2.75) is 6.92 Å². The quantitative estimate of drug-likeness (QED) is 0.386. The van der Waals surface area contributed by atoms with Gasteiger partial charge in [0.1, 0.15) is 17.8 Å². The number of fused-ring (bicyclic) bond motifs is 1. The summed E-state index contributed by atoms with van der Waals surface area (Å²) in [5.41, 5.74) is 4.41. The van der Waals surface area contributed by atoms with Gasteiger partial charge in [-0.1, -0.05) is 48.5 Å². The summed E-state index contributed by atoms with van der Waals surface area (Å²) in [4.78, 5) is 25.5. The Kier molecular flexibility index (Phi) is 6.13. The summed E-state index contributed by atoms with van der Waals surface area (Å²) in [6.45, 7) is 2.42. The zero-order valence-corrected chi connectivity index (χ0v) is 18.8. The number of carbonyl (C=O) groups is 2. The monoisotopic (exact) mass is 439 g/mol. The summed E-state index contributed by atoms with van der Waals surface area (Å²) in [5, 5.41) is 12.3. The van der Waals surface area contributed by atoms with Gasteiger partial charge in [0.25, 0.3) is 5.91 Å². The number of hydrogen-bond acceptors (Lipinski definition) is 4. The summed E-state index contributed by atoms with van der Waals surface area (Å²) in [5.74, 6) is 0.376. The molecule has 0 unspecified atom stereocenters. The van der Waals surface area contributed by atoms with Crippen molar-refractivity contribution < 1.29 is 19.4 Å². The minimum atomic E-state index is -0.259. The zero-order chi connectivity index (χ0) is 23.5. The molecular weight excluding hydrogens is 414 g/mol. The summed E-state index contributed by atoms with van der Waals surface area (Å²) in [6, 6.07) is 22.6. The number of amides is 1. The Morgan fingerprint density at radius 2 is 1.58 bits per heavy atom. The molecule has 0 aliphatic carbocycles. The van der Waals surface area contributed by atoms with Crippen LogP contribution in [0.5, 0.6) is 11.5 Å². The second kappa shape index (κ2) is 9.17. The molecule has 5 heteroatoms. The van der Waals surface area contributed by atoms with E-state index in [4.69, 9.17) is 4.74 Å². The van der Waals surface area contributed by atoms with Crippen LogP contribution in [-0.2, 0) is 0 Å². The SMILES string of the molecule is CCOc1cc(C=O)cc(-c2ccc(-c3cc(C(=O)N(C)C)c(O)c4ccccc34)cc2)c1. The van der Waals surface area contributed by atoms with E-state index in [-0.39, 0.29) is 17.2 Å². The van der Waals surface area contributed by atoms with Crippen LogP contribution in [0.2, 0.25) is 0 Å². The number of ether oxygens (including phenoxy) is 1. The third-order valence-corrected chi connectivity index (χ3v) is 5.56. The lowest BCUT2D eigenvalue weighted by atomic mass is 9.93. The Bertz CT molecular complexity index is 1340. The smallest absolute Gasteiger partial charge is 0.257 e. The van der Waals surface area contributed by atoms with Gasteiger partial charge in [0, 0.05) is 25.0 Å². The van der Waals surface area contributed by atoms with E-state index < -0.39 is 0 Å². The van der Waals surface area contributed by atoms with Crippen molar-refractivity contribution in [3.63, 3.8) is 0 Å². The predicted molar refractivity (Wildman–Crippen MR) is 131 cm³/mol. The molecule has 1 N–H and O–H groups in total. The number of phenols is 1. The van der Waals surface area contributed by atoms with Crippen molar-refractivity contribution in [1.29, 1.82) is 0 Å². The van der Waals surface area contributed by atoms with Crippen molar-refractivity contribution >= 4 is 23.0 Å². The molecule has 0 atom stereocenters. The minimum absolute atomic E-state index is 0.0150. The predicted octanol–water partition coefficient (Wildman–Crippen LogP) is 5.79. The second-order valence-electron chi connectivity index (χ2n) is 7.98. The fourth-order valence-corrected chi connectivity index (χ4v) is 3.95. The third kappa shape index (κ3) is 4.30. The maximum absolute atomic E-state index is 12.7. The van der Waals surface area contributed by atoms with Crippen LogP contribution >= 0.6 is 0 Å². The van der Waals surface area contributed by atoms with Crippen LogP contribution in [-0.4, -0.2) is 42.9 Å². The molecule has 0 heterocycles. The molecule has 1 amide bonds. The number of nitrogens with zero attached hydrogens (tertiary/aromatic N) is 1. The minimum Gasteiger partial charge on any atom is -0.506 e. The highest BCUT2D eigenvalue weighted by molar-refractivity contribution is 6.09. The molecule has 0 aliphatic heterocycles. The van der Waals surface area contributed by atoms with Crippen LogP contribution in [0.4, 0.5) is 0 Å². The van der Waals surface area contributed by atoms with Gasteiger partial charge in [-0.2, -0.15) is 0 Å². The van der Waals surface area contributed by atoms with Crippen LogP contribution in [0.1, 0.15) is 27.6 Å². The van der Waals surface area contributed by atoms with Gasteiger partial charge in [0.15, 0.2) is 0 Å². The third-order valence-electron chi connectivity index (χ3n) is 5.56. The molecule has 0 bridgehead atoms. The molecule has 0 aliphatic rings. The molecule has 0 radical (unpaired) electrons. The van der Waals surface area contributed by atoms with Gasteiger partial charge in [0.05, 0.1) is 12.2 Å². The Hall–Kier alpha value is -4.12. The molecule has 166 valence electrons. The molecule has 4 rings (SSSR count). The lowest BCUT2D eigenvalue weighted by Gasteiger charge is -2.16. The molecule has 0 spiro atoms. The fraction of sp³-hybridized carbons (Fsp3) is 0.143. The van der Waals surface area contributed by atoms with E-state index in [0.717, 1.165) is 33.9 Å². The first-order chi connectivity index (χ1) is 15.9. The number of carbonyl (C=O) groups excluding carboxylic acids is 2. The maximum Gasteiger partial charge on any atom is 0.257 e. The van der Waals surface area contributed by atoms with Gasteiger partial charge in [-0.25, -0.2) is 0 Å². The van der Waals surface area contributed by atoms with Crippen LogP contribution in [0.15, 0.2) is 72.8 Å². The normalized spacial score (nSPS) is 10.8. The van der Waals surface area contributed by atoms with Crippen LogP contribution in [0.25, 0.3) is 33.0 Å². The van der Waals surface area contributed by atoms with Crippen LogP contribution in [0, 0.1) is 0 Å². The standard InChI is InChI=1S/C28H25NO4/c1-4-33-22-14-18(17-30)13-21(15-22)19-9-11-20(12-10-19)25-16-26(28(32)29(2)3)27(31)24-8-6-5-7-23(24)25/h5-17,31H,4H2,1-3H3. The molecule has 4 aromatic rings. The van der Waals surface area contributed by atoms with E-state index in [0.29, 0.717) is 23.3 Å². The number of aldehydes is 1. The van der Waals surface area contributed by atoms with Crippen molar-refractivity contribution in [2.24, 2.45) is 0 Å². The summed E-state index contributed by atoms with van der Waals surface area (Å²) >= 11 is 0. The Morgan fingerprint density at radius 1 is 0.909 bits per heavy atom. The Labute approximate surface area is 192 Å². The number of phenolic OH excluding ortho intramolecular Hbond substituents is 1. The van der Waals surface area contributed by atoms with E-state index in [1.807, 2.05) is 67.6 Å². The van der Waals surface area contributed by atoms with E-state index in [1.54, 1.807) is 26.2 Å². The Morgan fingerprint density at radius 3 is 2.21 bits per heavy atom. The first kappa shape index (κ1) is 22.1. The van der Waals surface area contributed by atoms with Gasteiger partial charge in [-0.3, -0.25) is 9.59 Å². The summed E-state index contributed by atoms with van der Waals surface area (Å²) in [7, 11) is 3.32. The number of hydrogen-bond donors (Lipinski definition) is 1. The lowest BCUT2D eigenvalue weighted by Crippen LogP contribution is -2.21. The van der Waals surface area contributed by atoms with Gasteiger partial charge in [-0.15, -0.1) is 0 Å². The number of aromatic hydroxyl groups is 1. The molecule has 4 aromatic carbocycles. The number of benzene rings is 4. The molecular formula is C28H25NO4. The first-order valence-electron chi connectivity index (χ1n) is 10.7. The van der Waals surface area contributed by atoms with E-state index in [2.05, 4.69) is 0 Å². The molecule has 0 saturated heterocycles. The van der Waals surface area contributed by atoms with E-state index in [9.17, 15) is 14.7 Å². The lowest BCUT2D eigenvalue weighted by molar-refractivity contribution is 0.0825. The maximum atomic E-state index is 12.7. The van der Waals surface area contributed by atoms with Gasteiger partial charge in [0.2, 0.25) is 0 Å². The molecule has 33 heavy (non-hydrogen) atoms.